The second-order valence-electron chi connectivity index (χ2n) is 6.52. The number of carbonyl (C=O) groups is 2. The molecule has 7 nitrogen and oxygen atoms in total. The lowest BCUT2D eigenvalue weighted by atomic mass is 9.89. The van der Waals surface area contributed by atoms with Gasteiger partial charge in [-0.1, -0.05) is 19.8 Å². The zero-order valence-corrected chi connectivity index (χ0v) is 14.1. The van der Waals surface area contributed by atoms with Gasteiger partial charge in [-0.25, -0.2) is 9.79 Å². The van der Waals surface area contributed by atoms with Crippen molar-refractivity contribution in [2.24, 2.45) is 10.9 Å². The Hall–Kier alpha value is -3.01. The Bertz CT molecular complexity index is 838. The number of fused-ring (bicyclic) bond motifs is 1. The van der Waals surface area contributed by atoms with E-state index in [1.54, 1.807) is 6.92 Å². The molecule has 0 fully saturated rings. The summed E-state index contributed by atoms with van der Waals surface area (Å²) in [6, 6.07) is 4.26. The van der Waals surface area contributed by atoms with Crippen molar-refractivity contribution < 1.29 is 24.2 Å². The van der Waals surface area contributed by atoms with E-state index < -0.39 is 17.3 Å². The number of hydrogen-bond acceptors (Lipinski definition) is 5. The monoisotopic (exact) mass is 342 g/mol. The number of amidine groups is 1. The van der Waals surface area contributed by atoms with Crippen LogP contribution in [0.5, 0.6) is 11.5 Å². The molecule has 130 valence electrons. The summed E-state index contributed by atoms with van der Waals surface area (Å²) in [5.74, 6) is 0.384. The first-order valence-corrected chi connectivity index (χ1v) is 7.82. The average Bonchev–Trinajstić information content (AvgIpc) is 3.06. The van der Waals surface area contributed by atoms with Crippen molar-refractivity contribution in [3.8, 4) is 23.8 Å². The van der Waals surface area contributed by atoms with Crippen LogP contribution in [0.2, 0.25) is 0 Å². The summed E-state index contributed by atoms with van der Waals surface area (Å²) in [6.45, 7) is 5.52. The lowest BCUT2D eigenvalue weighted by molar-refractivity contribution is -0.124. The van der Waals surface area contributed by atoms with Crippen LogP contribution in [-0.4, -0.2) is 34.1 Å². The minimum Gasteiger partial charge on any atom is -0.478 e. The number of carboxylic acid groups (broad SMARTS) is 1. The van der Waals surface area contributed by atoms with Crippen LogP contribution in [0.3, 0.4) is 0 Å². The van der Waals surface area contributed by atoms with Crippen molar-refractivity contribution in [1.82, 2.24) is 5.32 Å². The number of carboxylic acids is 1. The zero-order valence-electron chi connectivity index (χ0n) is 14.1. The molecular formula is C18H18N2O5. The molecule has 2 heterocycles. The lowest BCUT2D eigenvalue weighted by Gasteiger charge is -2.25. The number of aromatic carboxylic acids is 1. The van der Waals surface area contributed by atoms with Crippen LogP contribution in [0.25, 0.3) is 0 Å². The second-order valence-corrected chi connectivity index (χ2v) is 6.52. The van der Waals surface area contributed by atoms with Gasteiger partial charge in [0, 0.05) is 0 Å². The Labute approximate surface area is 145 Å². The van der Waals surface area contributed by atoms with Gasteiger partial charge in [0.05, 0.1) is 12.0 Å². The molecular weight excluding hydrogens is 324 g/mol. The molecule has 2 unspecified atom stereocenters. The Kier molecular flexibility index (Phi) is 3.72. The van der Waals surface area contributed by atoms with Crippen LogP contribution in [-0.2, 0) is 4.79 Å². The molecule has 0 bridgehead atoms. The number of carbonyl (C=O) groups excluding carboxylic acids is 1. The summed E-state index contributed by atoms with van der Waals surface area (Å²) >= 11 is 0. The molecule has 1 amide bonds. The number of rotatable bonds is 4. The molecule has 7 heteroatoms. The van der Waals surface area contributed by atoms with Gasteiger partial charge < -0.3 is 19.9 Å². The van der Waals surface area contributed by atoms with Crippen LogP contribution in [0.1, 0.15) is 37.6 Å². The summed E-state index contributed by atoms with van der Waals surface area (Å²) < 4.78 is 11.7. The molecule has 2 atom stereocenters. The zero-order chi connectivity index (χ0) is 18.4. The highest BCUT2D eigenvalue weighted by atomic mass is 16.7. The standard InChI is InChI=1S/C18H18N2O5/c1-5-8-18(15-19-16(23)17(4,20-15)10(2)3)24-12-7-6-11(14(21)22)9-13(12)25-18/h1,6-7,9-10H,8H2,2-4H3,(H,21,22)(H,19,20,23). The molecule has 2 aliphatic rings. The highest BCUT2D eigenvalue weighted by Crippen LogP contribution is 2.43. The normalized spacial score (nSPS) is 27.0. The number of nitrogens with zero attached hydrogens (tertiary/aromatic N) is 1. The molecule has 0 aromatic heterocycles. The first kappa shape index (κ1) is 16.8. The van der Waals surface area contributed by atoms with Gasteiger partial charge in [0.1, 0.15) is 5.54 Å². The summed E-state index contributed by atoms with van der Waals surface area (Å²) in [5.41, 5.74) is -0.895. The van der Waals surface area contributed by atoms with Crippen LogP contribution in [0, 0.1) is 18.3 Å². The molecule has 0 saturated heterocycles. The van der Waals surface area contributed by atoms with E-state index in [0.29, 0.717) is 5.75 Å². The SMILES string of the molecule is C#CCC1(C2=NC(C)(C(C)C)C(=O)N2)Oc2ccc(C(=O)O)cc2O1. The quantitative estimate of drug-likeness (QED) is 0.814. The maximum absolute atomic E-state index is 12.4. The van der Waals surface area contributed by atoms with Gasteiger partial charge in [-0.3, -0.25) is 4.79 Å². The first-order valence-electron chi connectivity index (χ1n) is 7.82. The summed E-state index contributed by atoms with van der Waals surface area (Å²) in [6.07, 6.45) is 5.46. The van der Waals surface area contributed by atoms with E-state index in [0.717, 1.165) is 0 Å². The minimum absolute atomic E-state index is 0.00261. The minimum atomic E-state index is -1.48. The summed E-state index contributed by atoms with van der Waals surface area (Å²) in [7, 11) is 0. The van der Waals surface area contributed by atoms with E-state index >= 15 is 0 Å². The Morgan fingerprint density at radius 1 is 1.40 bits per heavy atom. The molecule has 0 saturated carbocycles. The molecule has 1 aromatic rings. The third kappa shape index (κ3) is 2.50. The topological polar surface area (TPSA) is 97.2 Å². The highest BCUT2D eigenvalue weighted by molar-refractivity contribution is 6.11. The van der Waals surface area contributed by atoms with E-state index in [4.69, 9.17) is 21.0 Å². The second kappa shape index (κ2) is 5.52. The van der Waals surface area contributed by atoms with Crippen LogP contribution < -0.4 is 14.8 Å². The van der Waals surface area contributed by atoms with E-state index in [2.05, 4.69) is 16.2 Å². The number of hydrogen-bond donors (Lipinski definition) is 2. The molecule has 2 aliphatic heterocycles. The summed E-state index contributed by atoms with van der Waals surface area (Å²) in [4.78, 5) is 28.0. The lowest BCUT2D eigenvalue weighted by Crippen LogP contribution is -2.53. The smallest absolute Gasteiger partial charge is 0.335 e. The predicted octanol–water partition coefficient (Wildman–Crippen LogP) is 1.82. The van der Waals surface area contributed by atoms with Gasteiger partial charge in [0.2, 0.25) is 0 Å². The van der Waals surface area contributed by atoms with Crippen molar-refractivity contribution >= 4 is 17.7 Å². The third-order valence-electron chi connectivity index (χ3n) is 4.60. The Morgan fingerprint density at radius 3 is 2.64 bits per heavy atom. The van der Waals surface area contributed by atoms with Crippen molar-refractivity contribution in [2.75, 3.05) is 0 Å². The Balaban J connectivity index is 2.02. The average molecular weight is 342 g/mol. The number of ether oxygens (including phenoxy) is 2. The van der Waals surface area contributed by atoms with E-state index in [-0.39, 0.29) is 35.4 Å². The van der Waals surface area contributed by atoms with Gasteiger partial charge >= 0.3 is 11.8 Å². The number of terminal acetylenes is 1. The maximum Gasteiger partial charge on any atom is 0.335 e. The third-order valence-corrected chi connectivity index (χ3v) is 4.60. The molecule has 3 rings (SSSR count). The van der Waals surface area contributed by atoms with Crippen LogP contribution in [0.15, 0.2) is 23.2 Å². The molecule has 1 aromatic carbocycles. The van der Waals surface area contributed by atoms with Crippen molar-refractivity contribution in [1.29, 1.82) is 0 Å². The fourth-order valence-corrected chi connectivity index (χ4v) is 2.68. The van der Waals surface area contributed by atoms with E-state index in [9.17, 15) is 9.59 Å². The van der Waals surface area contributed by atoms with Crippen LogP contribution in [0.4, 0.5) is 0 Å². The van der Waals surface area contributed by atoms with Crippen molar-refractivity contribution in [3.05, 3.63) is 23.8 Å². The first-order chi connectivity index (χ1) is 11.7. The molecule has 25 heavy (non-hydrogen) atoms. The highest BCUT2D eigenvalue weighted by Gasteiger charge is 2.54. The van der Waals surface area contributed by atoms with Crippen molar-refractivity contribution in [2.45, 2.75) is 38.5 Å². The van der Waals surface area contributed by atoms with Gasteiger partial charge in [-0.15, -0.1) is 6.42 Å². The molecule has 2 N–H and O–H groups in total. The number of aliphatic imine (C=N–C) groups is 1. The summed E-state index contributed by atoms with van der Waals surface area (Å²) in [5, 5.41) is 11.8. The predicted molar refractivity (Wildman–Crippen MR) is 89.7 cm³/mol. The molecule has 0 radical (unpaired) electrons. The van der Waals surface area contributed by atoms with Crippen molar-refractivity contribution in [3.63, 3.8) is 0 Å². The molecule has 0 spiro atoms. The van der Waals surface area contributed by atoms with Gasteiger partial charge in [0.15, 0.2) is 17.3 Å². The molecule has 0 aliphatic carbocycles. The van der Waals surface area contributed by atoms with Crippen LogP contribution >= 0.6 is 0 Å². The Morgan fingerprint density at radius 2 is 2.08 bits per heavy atom. The fourth-order valence-electron chi connectivity index (χ4n) is 2.68. The van der Waals surface area contributed by atoms with Gasteiger partial charge in [-0.05, 0) is 31.0 Å². The fraction of sp³-hybridized carbons (Fsp3) is 0.389. The van der Waals surface area contributed by atoms with E-state index in [1.807, 2.05) is 13.8 Å². The van der Waals surface area contributed by atoms with Gasteiger partial charge in [-0.2, -0.15) is 0 Å². The number of nitrogens with one attached hydrogen (secondary N) is 1. The maximum atomic E-state index is 12.4. The van der Waals surface area contributed by atoms with E-state index in [1.165, 1.54) is 18.2 Å². The number of benzene rings is 1. The largest absolute Gasteiger partial charge is 0.478 e. The number of amides is 1. The van der Waals surface area contributed by atoms with Gasteiger partial charge in [0.25, 0.3) is 5.91 Å².